The van der Waals surface area contributed by atoms with Crippen molar-refractivity contribution in [2.45, 2.75) is 72.1 Å². The summed E-state index contributed by atoms with van der Waals surface area (Å²) in [7, 11) is 0. The normalized spacial score (nSPS) is 15.0. The van der Waals surface area contributed by atoms with Gasteiger partial charge in [0.05, 0.1) is 0 Å². The van der Waals surface area contributed by atoms with E-state index in [0.717, 1.165) is 19.4 Å². The van der Waals surface area contributed by atoms with Gasteiger partial charge in [-0.15, -0.1) is 0 Å². The smallest absolute Gasteiger partial charge is 0.407 e. The van der Waals surface area contributed by atoms with Gasteiger partial charge in [0.1, 0.15) is 5.60 Å². The predicted molar refractivity (Wildman–Crippen MR) is 83.7 cm³/mol. The Labute approximate surface area is 124 Å². The van der Waals surface area contributed by atoms with Crippen LogP contribution in [0.4, 0.5) is 4.79 Å². The van der Waals surface area contributed by atoms with Crippen LogP contribution in [-0.2, 0) is 4.74 Å². The summed E-state index contributed by atoms with van der Waals surface area (Å²) in [6.45, 7) is 13.3. The maximum atomic E-state index is 11.7. The number of hydrogen-bond acceptors (Lipinski definition) is 4. The minimum absolute atomic E-state index is 0.0584. The quantitative estimate of drug-likeness (QED) is 0.640. The zero-order valence-electron chi connectivity index (χ0n) is 14.0. The monoisotopic (exact) mass is 287 g/mol. The minimum atomic E-state index is -0.481. The van der Waals surface area contributed by atoms with E-state index in [1.54, 1.807) is 0 Å². The van der Waals surface area contributed by atoms with E-state index >= 15 is 0 Å². The highest BCUT2D eigenvalue weighted by Crippen LogP contribution is 2.08. The molecule has 0 aliphatic heterocycles. The van der Waals surface area contributed by atoms with Crippen molar-refractivity contribution in [3.05, 3.63) is 0 Å². The first-order valence-corrected chi connectivity index (χ1v) is 7.66. The van der Waals surface area contributed by atoms with Crippen molar-refractivity contribution in [1.82, 2.24) is 10.6 Å². The molecule has 0 aromatic rings. The fourth-order valence-electron chi connectivity index (χ4n) is 1.95. The highest BCUT2D eigenvalue weighted by molar-refractivity contribution is 5.68. The van der Waals surface area contributed by atoms with Gasteiger partial charge in [0, 0.05) is 18.6 Å². The van der Waals surface area contributed by atoms with Crippen molar-refractivity contribution in [2.24, 2.45) is 11.7 Å². The first-order chi connectivity index (χ1) is 9.23. The molecule has 5 nitrogen and oxygen atoms in total. The van der Waals surface area contributed by atoms with E-state index in [1.165, 1.54) is 0 Å². The number of alkyl carbamates (subject to hydrolysis) is 1. The topological polar surface area (TPSA) is 76.4 Å². The maximum absolute atomic E-state index is 11.7. The van der Waals surface area contributed by atoms with Crippen LogP contribution in [0.1, 0.15) is 54.4 Å². The molecule has 5 heteroatoms. The Kier molecular flexibility index (Phi) is 8.81. The van der Waals surface area contributed by atoms with Crippen LogP contribution < -0.4 is 16.4 Å². The molecule has 0 spiro atoms. The highest BCUT2D eigenvalue weighted by atomic mass is 16.6. The molecule has 0 rings (SSSR count). The third-order valence-electron chi connectivity index (χ3n) is 3.43. The average molecular weight is 287 g/mol. The SMILES string of the molecule is CCC(CC)CNC(CN)C(C)NC(=O)OC(C)(C)C. The van der Waals surface area contributed by atoms with Crippen LogP contribution in [0.25, 0.3) is 0 Å². The molecule has 2 atom stereocenters. The molecule has 0 saturated carbocycles. The highest BCUT2D eigenvalue weighted by Gasteiger charge is 2.22. The van der Waals surface area contributed by atoms with E-state index in [-0.39, 0.29) is 12.1 Å². The number of amides is 1. The number of hydrogen-bond donors (Lipinski definition) is 3. The molecule has 20 heavy (non-hydrogen) atoms. The molecule has 0 aromatic heterocycles. The van der Waals surface area contributed by atoms with Crippen molar-refractivity contribution in [3.8, 4) is 0 Å². The van der Waals surface area contributed by atoms with Crippen molar-refractivity contribution >= 4 is 6.09 Å². The molecule has 0 heterocycles. The first-order valence-electron chi connectivity index (χ1n) is 7.66. The van der Waals surface area contributed by atoms with E-state index in [2.05, 4.69) is 24.5 Å². The molecule has 0 aromatic carbocycles. The van der Waals surface area contributed by atoms with Crippen LogP contribution >= 0.6 is 0 Å². The Bertz CT molecular complexity index is 273. The Morgan fingerprint density at radius 1 is 1.25 bits per heavy atom. The summed E-state index contributed by atoms with van der Waals surface area (Å²) < 4.78 is 5.25. The molecule has 1 amide bonds. The number of nitrogens with one attached hydrogen (secondary N) is 2. The molecule has 2 unspecified atom stereocenters. The Morgan fingerprint density at radius 2 is 1.80 bits per heavy atom. The zero-order chi connectivity index (χ0) is 15.8. The first kappa shape index (κ1) is 19.2. The number of carbonyl (C=O) groups excluding carboxylic acids is 1. The van der Waals surface area contributed by atoms with Gasteiger partial charge < -0.3 is 21.1 Å². The van der Waals surface area contributed by atoms with Crippen molar-refractivity contribution in [3.63, 3.8) is 0 Å². The minimum Gasteiger partial charge on any atom is -0.444 e. The van der Waals surface area contributed by atoms with E-state index in [1.807, 2.05) is 27.7 Å². The van der Waals surface area contributed by atoms with Gasteiger partial charge in [0.15, 0.2) is 0 Å². The summed E-state index contributed by atoms with van der Waals surface area (Å²) in [5, 5.41) is 6.29. The molecule has 0 saturated heterocycles. The lowest BCUT2D eigenvalue weighted by atomic mass is 10.0. The van der Waals surface area contributed by atoms with Gasteiger partial charge >= 0.3 is 6.09 Å². The Balaban J connectivity index is 4.26. The summed E-state index contributed by atoms with van der Waals surface area (Å²) in [4.78, 5) is 11.7. The molecule has 0 bridgehead atoms. The van der Waals surface area contributed by atoms with Gasteiger partial charge in [-0.2, -0.15) is 0 Å². The number of carbonyl (C=O) groups is 1. The largest absolute Gasteiger partial charge is 0.444 e. The average Bonchev–Trinajstić information content (AvgIpc) is 2.32. The Hall–Kier alpha value is -0.810. The van der Waals surface area contributed by atoms with Crippen LogP contribution in [0.2, 0.25) is 0 Å². The molecule has 120 valence electrons. The lowest BCUT2D eigenvalue weighted by Gasteiger charge is -2.28. The second kappa shape index (κ2) is 9.19. The maximum Gasteiger partial charge on any atom is 0.407 e. The van der Waals surface area contributed by atoms with Crippen LogP contribution in [0.15, 0.2) is 0 Å². The third kappa shape index (κ3) is 8.38. The summed E-state index contributed by atoms with van der Waals surface area (Å²) in [6, 6.07) is -0.00710. The molecule has 0 aliphatic rings. The Morgan fingerprint density at radius 3 is 2.20 bits per heavy atom. The molecule has 4 N–H and O–H groups in total. The third-order valence-corrected chi connectivity index (χ3v) is 3.43. The fourth-order valence-corrected chi connectivity index (χ4v) is 1.95. The van der Waals surface area contributed by atoms with E-state index < -0.39 is 11.7 Å². The van der Waals surface area contributed by atoms with E-state index in [4.69, 9.17) is 10.5 Å². The predicted octanol–water partition coefficient (Wildman–Crippen LogP) is 2.25. The van der Waals surface area contributed by atoms with Crippen LogP contribution in [-0.4, -0.2) is 36.9 Å². The second-order valence-electron chi connectivity index (χ2n) is 6.37. The van der Waals surface area contributed by atoms with Gasteiger partial charge in [-0.25, -0.2) is 4.79 Å². The van der Waals surface area contributed by atoms with Gasteiger partial charge in [-0.3, -0.25) is 0 Å². The van der Waals surface area contributed by atoms with Crippen LogP contribution in [0.5, 0.6) is 0 Å². The summed E-state index contributed by atoms with van der Waals surface area (Å²) in [6.07, 6.45) is 1.90. The van der Waals surface area contributed by atoms with Crippen LogP contribution in [0.3, 0.4) is 0 Å². The standard InChI is InChI=1S/C15H33N3O2/c1-7-12(8-2)10-17-13(9-16)11(3)18-14(19)20-15(4,5)6/h11-13,17H,7-10,16H2,1-6H3,(H,18,19). The van der Waals surface area contributed by atoms with E-state index in [0.29, 0.717) is 12.5 Å². The number of nitrogens with two attached hydrogens (primary N) is 1. The van der Waals surface area contributed by atoms with Crippen molar-refractivity contribution in [2.75, 3.05) is 13.1 Å². The molecular weight excluding hydrogens is 254 g/mol. The molecular formula is C15H33N3O2. The summed E-state index contributed by atoms with van der Waals surface area (Å²) >= 11 is 0. The van der Waals surface area contributed by atoms with Crippen molar-refractivity contribution < 1.29 is 9.53 Å². The molecule has 0 fully saturated rings. The van der Waals surface area contributed by atoms with Gasteiger partial charge in [0.25, 0.3) is 0 Å². The zero-order valence-corrected chi connectivity index (χ0v) is 14.0. The van der Waals surface area contributed by atoms with Crippen LogP contribution in [0, 0.1) is 5.92 Å². The van der Waals surface area contributed by atoms with E-state index in [9.17, 15) is 4.79 Å². The molecule has 0 radical (unpaired) electrons. The summed E-state index contributed by atoms with van der Waals surface area (Å²) in [5.74, 6) is 0.651. The number of ether oxygens (including phenoxy) is 1. The summed E-state index contributed by atoms with van der Waals surface area (Å²) in [5.41, 5.74) is 5.31. The number of rotatable bonds is 8. The van der Waals surface area contributed by atoms with Gasteiger partial charge in [0.2, 0.25) is 0 Å². The molecule has 0 aliphatic carbocycles. The van der Waals surface area contributed by atoms with Crippen molar-refractivity contribution in [1.29, 1.82) is 0 Å². The van der Waals surface area contributed by atoms with Gasteiger partial charge in [-0.1, -0.05) is 26.7 Å². The van der Waals surface area contributed by atoms with Gasteiger partial charge in [-0.05, 0) is 40.2 Å². The fraction of sp³-hybridized carbons (Fsp3) is 0.933. The lowest BCUT2D eigenvalue weighted by molar-refractivity contribution is 0.0498. The second-order valence-corrected chi connectivity index (χ2v) is 6.37. The lowest BCUT2D eigenvalue weighted by Crippen LogP contribution is -2.53.